The summed E-state index contributed by atoms with van der Waals surface area (Å²) in [6.45, 7) is 2.05. The molecule has 19 heavy (non-hydrogen) atoms. The van der Waals surface area contributed by atoms with Crippen molar-refractivity contribution in [2.24, 2.45) is 0 Å². The maximum atomic E-state index is 5.39. The van der Waals surface area contributed by atoms with Crippen molar-refractivity contribution < 1.29 is 4.74 Å². The fourth-order valence-electron chi connectivity index (χ4n) is 2.18. The number of rotatable bonds is 6. The predicted molar refractivity (Wildman–Crippen MR) is 81.5 cm³/mol. The number of fused-ring (bicyclic) bond motifs is 1. The molecule has 1 N–H and O–H groups in total. The predicted octanol–water partition coefficient (Wildman–Crippen LogP) is 3.05. The third-order valence-electron chi connectivity index (χ3n) is 3.22. The van der Waals surface area contributed by atoms with Crippen molar-refractivity contribution in [1.82, 2.24) is 14.5 Å². The number of aromatic nitrogens is 2. The molecule has 0 saturated carbocycles. The molecular weight excluding hydrogens is 258 g/mol. The standard InChI is InChI=1S/C14H21N3OS/c1-16(2)8-4-5-9-17-13-10-11(18-3)6-7-12(13)15-14(17)19/h6-7,10H,4-5,8-9H2,1-3H3,(H,15,19). The first-order chi connectivity index (χ1) is 9.11. The van der Waals surface area contributed by atoms with Crippen molar-refractivity contribution in [2.45, 2.75) is 19.4 Å². The molecule has 0 radical (unpaired) electrons. The van der Waals surface area contributed by atoms with Gasteiger partial charge in [-0.3, -0.25) is 0 Å². The summed E-state index contributed by atoms with van der Waals surface area (Å²) >= 11 is 5.39. The molecule has 0 fully saturated rings. The Kier molecular flexibility index (Phi) is 4.61. The lowest BCUT2D eigenvalue weighted by atomic mass is 10.2. The lowest BCUT2D eigenvalue weighted by molar-refractivity contribution is 0.388. The second kappa shape index (κ2) is 6.21. The van der Waals surface area contributed by atoms with Gasteiger partial charge in [0.25, 0.3) is 0 Å². The second-order valence-corrected chi connectivity index (χ2v) is 5.36. The average Bonchev–Trinajstić information content (AvgIpc) is 2.69. The van der Waals surface area contributed by atoms with Gasteiger partial charge in [0.05, 0.1) is 18.1 Å². The average molecular weight is 279 g/mol. The molecule has 4 nitrogen and oxygen atoms in total. The van der Waals surface area contributed by atoms with E-state index in [-0.39, 0.29) is 0 Å². The normalized spacial score (nSPS) is 11.4. The lowest BCUT2D eigenvalue weighted by Crippen LogP contribution is -2.13. The zero-order valence-corrected chi connectivity index (χ0v) is 12.6. The van der Waals surface area contributed by atoms with Crippen LogP contribution < -0.4 is 4.74 Å². The molecule has 0 aliphatic rings. The van der Waals surface area contributed by atoms with Gasteiger partial charge in [-0.15, -0.1) is 0 Å². The zero-order valence-electron chi connectivity index (χ0n) is 11.8. The number of benzene rings is 1. The van der Waals surface area contributed by atoms with Gasteiger partial charge in [-0.1, -0.05) is 0 Å². The fraction of sp³-hybridized carbons (Fsp3) is 0.500. The molecule has 0 aliphatic carbocycles. The number of aryl methyl sites for hydroxylation is 1. The van der Waals surface area contributed by atoms with E-state index in [1.54, 1.807) is 7.11 Å². The molecule has 0 unspecified atom stereocenters. The van der Waals surface area contributed by atoms with E-state index in [9.17, 15) is 0 Å². The second-order valence-electron chi connectivity index (χ2n) is 4.98. The van der Waals surface area contributed by atoms with E-state index in [2.05, 4.69) is 28.5 Å². The van der Waals surface area contributed by atoms with Crippen molar-refractivity contribution in [1.29, 1.82) is 0 Å². The number of hydrogen-bond acceptors (Lipinski definition) is 3. The highest BCUT2D eigenvalue weighted by Gasteiger charge is 2.05. The Morgan fingerprint density at radius 1 is 1.32 bits per heavy atom. The largest absolute Gasteiger partial charge is 0.497 e. The highest BCUT2D eigenvalue weighted by atomic mass is 32.1. The van der Waals surface area contributed by atoms with Crippen LogP contribution in [0.1, 0.15) is 12.8 Å². The number of methoxy groups -OCH3 is 1. The molecule has 1 aromatic heterocycles. The van der Waals surface area contributed by atoms with E-state index in [1.807, 2.05) is 18.2 Å². The van der Waals surface area contributed by atoms with E-state index in [0.717, 1.165) is 41.1 Å². The first-order valence-corrected chi connectivity index (χ1v) is 6.94. The molecule has 0 atom stereocenters. The van der Waals surface area contributed by atoms with Crippen LogP contribution in [0, 0.1) is 4.77 Å². The van der Waals surface area contributed by atoms with Gasteiger partial charge in [0.2, 0.25) is 0 Å². The molecule has 2 aromatic rings. The Morgan fingerprint density at radius 2 is 2.11 bits per heavy atom. The number of nitrogens with one attached hydrogen (secondary N) is 1. The fourth-order valence-corrected chi connectivity index (χ4v) is 2.48. The summed E-state index contributed by atoms with van der Waals surface area (Å²) in [6, 6.07) is 6.00. The Hall–Kier alpha value is -1.33. The van der Waals surface area contributed by atoms with Gasteiger partial charge in [-0.2, -0.15) is 0 Å². The molecule has 0 bridgehead atoms. The van der Waals surface area contributed by atoms with Crippen LogP contribution in [0.2, 0.25) is 0 Å². The van der Waals surface area contributed by atoms with Crippen LogP contribution in [0.5, 0.6) is 5.75 Å². The highest BCUT2D eigenvalue weighted by Crippen LogP contribution is 2.21. The minimum atomic E-state index is 0.785. The Balaban J connectivity index is 2.17. The SMILES string of the molecule is COc1ccc2[nH]c(=S)n(CCCCN(C)C)c2c1. The van der Waals surface area contributed by atoms with E-state index in [0.29, 0.717) is 0 Å². The summed E-state index contributed by atoms with van der Waals surface area (Å²) in [5.74, 6) is 0.864. The number of hydrogen-bond donors (Lipinski definition) is 1. The Bertz CT molecular complexity index is 600. The van der Waals surface area contributed by atoms with Crippen LogP contribution in [0.4, 0.5) is 0 Å². The lowest BCUT2D eigenvalue weighted by Gasteiger charge is -2.09. The first-order valence-electron chi connectivity index (χ1n) is 6.53. The maximum Gasteiger partial charge on any atom is 0.178 e. The smallest absolute Gasteiger partial charge is 0.178 e. The Labute approximate surface area is 119 Å². The summed E-state index contributed by atoms with van der Waals surface area (Å²) in [4.78, 5) is 5.45. The molecule has 1 heterocycles. The van der Waals surface area contributed by atoms with Gasteiger partial charge in [-0.25, -0.2) is 0 Å². The van der Waals surface area contributed by atoms with Gasteiger partial charge in [0.15, 0.2) is 4.77 Å². The number of imidazole rings is 1. The molecule has 5 heteroatoms. The molecule has 1 aromatic carbocycles. The van der Waals surface area contributed by atoms with Crippen LogP contribution in [-0.2, 0) is 6.54 Å². The van der Waals surface area contributed by atoms with Gasteiger partial charge >= 0.3 is 0 Å². The van der Waals surface area contributed by atoms with Crippen LogP contribution in [-0.4, -0.2) is 42.2 Å². The van der Waals surface area contributed by atoms with Crippen LogP contribution in [0.3, 0.4) is 0 Å². The molecule has 2 rings (SSSR count). The van der Waals surface area contributed by atoms with E-state index < -0.39 is 0 Å². The van der Waals surface area contributed by atoms with Crippen molar-refractivity contribution >= 4 is 23.3 Å². The van der Waals surface area contributed by atoms with Crippen LogP contribution >= 0.6 is 12.2 Å². The zero-order chi connectivity index (χ0) is 13.8. The van der Waals surface area contributed by atoms with Gasteiger partial charge in [-0.05, 0) is 57.8 Å². The molecule has 0 aliphatic heterocycles. The molecular formula is C14H21N3OS. The minimum absolute atomic E-state index is 0.785. The number of nitrogens with zero attached hydrogens (tertiary/aromatic N) is 2. The Morgan fingerprint density at radius 3 is 2.79 bits per heavy atom. The van der Waals surface area contributed by atoms with Gasteiger partial charge < -0.3 is 19.2 Å². The summed E-state index contributed by atoms with van der Waals surface area (Å²) in [5, 5.41) is 0. The van der Waals surface area contributed by atoms with Gasteiger partial charge in [0, 0.05) is 12.6 Å². The maximum absolute atomic E-state index is 5.39. The monoisotopic (exact) mass is 279 g/mol. The molecule has 104 valence electrons. The summed E-state index contributed by atoms with van der Waals surface area (Å²) < 4.78 is 8.22. The number of aromatic amines is 1. The van der Waals surface area contributed by atoms with Gasteiger partial charge in [0.1, 0.15) is 5.75 Å². The number of unbranched alkanes of at least 4 members (excludes halogenated alkanes) is 1. The van der Waals surface area contributed by atoms with Crippen molar-refractivity contribution in [2.75, 3.05) is 27.7 Å². The van der Waals surface area contributed by atoms with E-state index in [1.165, 1.54) is 6.42 Å². The summed E-state index contributed by atoms with van der Waals surface area (Å²) in [6.07, 6.45) is 2.29. The molecule has 0 amide bonds. The highest BCUT2D eigenvalue weighted by molar-refractivity contribution is 7.71. The summed E-state index contributed by atoms with van der Waals surface area (Å²) in [5.41, 5.74) is 2.19. The van der Waals surface area contributed by atoms with Crippen LogP contribution in [0.25, 0.3) is 11.0 Å². The topological polar surface area (TPSA) is 33.2 Å². The summed E-state index contributed by atoms with van der Waals surface area (Å²) in [7, 11) is 5.88. The van der Waals surface area contributed by atoms with E-state index in [4.69, 9.17) is 17.0 Å². The van der Waals surface area contributed by atoms with Crippen molar-refractivity contribution in [3.05, 3.63) is 23.0 Å². The van der Waals surface area contributed by atoms with Crippen LogP contribution in [0.15, 0.2) is 18.2 Å². The number of H-pyrrole nitrogens is 1. The van der Waals surface area contributed by atoms with Crippen molar-refractivity contribution in [3.8, 4) is 5.75 Å². The number of ether oxygens (including phenoxy) is 1. The molecule has 0 spiro atoms. The van der Waals surface area contributed by atoms with Crippen molar-refractivity contribution in [3.63, 3.8) is 0 Å². The third-order valence-corrected chi connectivity index (χ3v) is 3.54. The van der Waals surface area contributed by atoms with E-state index >= 15 is 0 Å². The minimum Gasteiger partial charge on any atom is -0.497 e. The third kappa shape index (κ3) is 3.36. The quantitative estimate of drug-likeness (QED) is 0.652. The molecule has 0 saturated heterocycles. The first kappa shape index (κ1) is 14.1.